The minimum absolute atomic E-state index is 0.214. The highest BCUT2D eigenvalue weighted by molar-refractivity contribution is 6.03. The first kappa shape index (κ1) is 9.55. The summed E-state index contributed by atoms with van der Waals surface area (Å²) >= 11 is 0. The van der Waals surface area contributed by atoms with Crippen molar-refractivity contribution in [2.24, 2.45) is 0 Å². The van der Waals surface area contributed by atoms with Gasteiger partial charge in [-0.3, -0.25) is 0 Å². The van der Waals surface area contributed by atoms with Crippen LogP contribution in [0.2, 0.25) is 0 Å². The number of hydrogen-bond acceptors (Lipinski definition) is 4. The molecule has 0 N–H and O–H groups in total. The van der Waals surface area contributed by atoms with E-state index in [1.807, 2.05) is 30.3 Å². The minimum Gasteiger partial charge on any atom is -0.419 e. The van der Waals surface area contributed by atoms with Gasteiger partial charge in [-0.15, -0.1) is 0 Å². The highest BCUT2D eigenvalue weighted by Gasteiger charge is 2.08. The van der Waals surface area contributed by atoms with Crippen molar-refractivity contribution in [3.05, 3.63) is 52.5 Å². The number of nitriles is 1. The van der Waals surface area contributed by atoms with Gasteiger partial charge in [0.25, 0.3) is 0 Å². The predicted molar refractivity (Wildman–Crippen MR) is 62.5 cm³/mol. The zero-order valence-electron chi connectivity index (χ0n) is 8.68. The van der Waals surface area contributed by atoms with Crippen molar-refractivity contribution in [3.63, 3.8) is 0 Å². The molecule has 0 radical (unpaired) electrons. The van der Waals surface area contributed by atoms with Gasteiger partial charge in [0, 0.05) is 5.39 Å². The van der Waals surface area contributed by atoms with Crippen LogP contribution in [0.1, 0.15) is 5.69 Å². The SMILES string of the molecule is N#Cc1nc2c(ccc3ccccc32)oc1=O. The largest absolute Gasteiger partial charge is 0.419 e. The maximum Gasteiger partial charge on any atom is 0.373 e. The van der Waals surface area contributed by atoms with Gasteiger partial charge in [0.1, 0.15) is 11.6 Å². The van der Waals surface area contributed by atoms with Crippen molar-refractivity contribution in [2.75, 3.05) is 0 Å². The molecule has 0 spiro atoms. The van der Waals surface area contributed by atoms with E-state index in [1.54, 1.807) is 12.1 Å². The summed E-state index contributed by atoms with van der Waals surface area (Å²) in [5.41, 5.74) is 0.0242. The summed E-state index contributed by atoms with van der Waals surface area (Å²) in [6.45, 7) is 0. The zero-order chi connectivity index (χ0) is 11.8. The molecule has 80 valence electrons. The lowest BCUT2D eigenvalue weighted by Crippen LogP contribution is -2.06. The zero-order valence-corrected chi connectivity index (χ0v) is 8.68. The molecule has 0 amide bonds. The molecule has 17 heavy (non-hydrogen) atoms. The molecule has 4 heteroatoms. The number of rotatable bonds is 0. The molecule has 1 heterocycles. The van der Waals surface area contributed by atoms with Gasteiger partial charge in [-0.1, -0.05) is 30.3 Å². The third-order valence-electron chi connectivity index (χ3n) is 2.59. The van der Waals surface area contributed by atoms with E-state index < -0.39 is 5.63 Å². The van der Waals surface area contributed by atoms with Crippen LogP contribution < -0.4 is 5.63 Å². The molecular weight excluding hydrogens is 216 g/mol. The first-order valence-corrected chi connectivity index (χ1v) is 5.02. The third-order valence-corrected chi connectivity index (χ3v) is 2.59. The van der Waals surface area contributed by atoms with E-state index in [0.29, 0.717) is 11.1 Å². The van der Waals surface area contributed by atoms with Gasteiger partial charge in [0.05, 0.1) is 0 Å². The van der Waals surface area contributed by atoms with Gasteiger partial charge < -0.3 is 4.42 Å². The van der Waals surface area contributed by atoms with Crippen molar-refractivity contribution in [1.29, 1.82) is 5.26 Å². The molecule has 1 aromatic heterocycles. The van der Waals surface area contributed by atoms with Gasteiger partial charge in [0.2, 0.25) is 5.69 Å². The van der Waals surface area contributed by atoms with E-state index in [4.69, 9.17) is 9.68 Å². The van der Waals surface area contributed by atoms with E-state index >= 15 is 0 Å². The van der Waals surface area contributed by atoms with E-state index in [-0.39, 0.29) is 5.69 Å². The Bertz CT molecular complexity index is 828. The number of hydrogen-bond donors (Lipinski definition) is 0. The van der Waals surface area contributed by atoms with Gasteiger partial charge in [0.15, 0.2) is 5.58 Å². The van der Waals surface area contributed by atoms with Crippen LogP contribution in [0.5, 0.6) is 0 Å². The number of benzene rings is 2. The van der Waals surface area contributed by atoms with Crippen LogP contribution >= 0.6 is 0 Å². The maximum atomic E-state index is 11.3. The lowest BCUT2D eigenvalue weighted by molar-refractivity contribution is 0.552. The second-order valence-corrected chi connectivity index (χ2v) is 3.60. The number of aromatic nitrogens is 1. The fraction of sp³-hybridized carbons (Fsp3) is 0. The topological polar surface area (TPSA) is 66.9 Å². The summed E-state index contributed by atoms with van der Waals surface area (Å²) in [6, 6.07) is 12.9. The summed E-state index contributed by atoms with van der Waals surface area (Å²) < 4.78 is 5.05. The Morgan fingerprint density at radius 2 is 2.00 bits per heavy atom. The van der Waals surface area contributed by atoms with Gasteiger partial charge >= 0.3 is 5.63 Å². The third kappa shape index (κ3) is 1.37. The summed E-state index contributed by atoms with van der Waals surface area (Å²) in [4.78, 5) is 15.4. The van der Waals surface area contributed by atoms with Gasteiger partial charge in [-0.25, -0.2) is 9.78 Å². The molecule has 0 atom stereocenters. The van der Waals surface area contributed by atoms with Crippen LogP contribution in [0.4, 0.5) is 0 Å². The molecule has 0 bridgehead atoms. The van der Waals surface area contributed by atoms with E-state index in [2.05, 4.69) is 4.98 Å². The molecule has 0 aliphatic heterocycles. The second kappa shape index (κ2) is 3.42. The first-order valence-electron chi connectivity index (χ1n) is 5.02. The maximum absolute atomic E-state index is 11.3. The van der Waals surface area contributed by atoms with Crippen molar-refractivity contribution in [3.8, 4) is 6.07 Å². The molecule has 0 fully saturated rings. The van der Waals surface area contributed by atoms with Crippen LogP contribution in [0.25, 0.3) is 21.9 Å². The normalized spacial score (nSPS) is 10.5. The molecule has 0 saturated carbocycles. The Kier molecular flexibility index (Phi) is 1.92. The van der Waals surface area contributed by atoms with E-state index in [9.17, 15) is 4.79 Å². The van der Waals surface area contributed by atoms with E-state index in [1.165, 1.54) is 0 Å². The van der Waals surface area contributed by atoms with Crippen LogP contribution in [0, 0.1) is 11.3 Å². The molecule has 2 aromatic carbocycles. The summed E-state index contributed by atoms with van der Waals surface area (Å²) in [7, 11) is 0. The number of nitrogens with zero attached hydrogens (tertiary/aromatic N) is 2. The fourth-order valence-corrected chi connectivity index (χ4v) is 1.81. The van der Waals surface area contributed by atoms with Crippen LogP contribution in [0.15, 0.2) is 45.6 Å². The average Bonchev–Trinajstić information content (AvgIpc) is 2.37. The molecule has 0 saturated heterocycles. The Morgan fingerprint density at radius 1 is 1.18 bits per heavy atom. The molecule has 4 nitrogen and oxygen atoms in total. The van der Waals surface area contributed by atoms with E-state index in [0.717, 1.165) is 10.8 Å². The Morgan fingerprint density at radius 3 is 2.82 bits per heavy atom. The molecule has 0 aliphatic carbocycles. The Labute approximate surface area is 95.7 Å². The van der Waals surface area contributed by atoms with Crippen LogP contribution in [-0.4, -0.2) is 4.98 Å². The van der Waals surface area contributed by atoms with Gasteiger partial charge in [-0.2, -0.15) is 5.26 Å². The average molecular weight is 222 g/mol. The van der Waals surface area contributed by atoms with Crippen LogP contribution in [-0.2, 0) is 0 Å². The first-order chi connectivity index (χ1) is 8.29. The monoisotopic (exact) mass is 222 g/mol. The van der Waals surface area contributed by atoms with Crippen molar-refractivity contribution >= 4 is 21.9 Å². The Hall–Kier alpha value is -2.67. The number of fused-ring (bicyclic) bond motifs is 3. The second-order valence-electron chi connectivity index (χ2n) is 3.60. The summed E-state index contributed by atoms with van der Waals surface area (Å²) in [6.07, 6.45) is 0. The lowest BCUT2D eigenvalue weighted by atomic mass is 10.1. The smallest absolute Gasteiger partial charge is 0.373 e. The predicted octanol–water partition coefficient (Wildman–Crippen LogP) is 2.21. The van der Waals surface area contributed by atoms with Crippen molar-refractivity contribution in [2.45, 2.75) is 0 Å². The molecular formula is C13H6N2O2. The highest BCUT2D eigenvalue weighted by Crippen LogP contribution is 2.22. The Balaban J connectivity index is 2.58. The van der Waals surface area contributed by atoms with Gasteiger partial charge in [-0.05, 0) is 11.5 Å². The highest BCUT2D eigenvalue weighted by atomic mass is 16.4. The molecule has 3 rings (SSSR count). The molecule has 3 aromatic rings. The molecule has 0 aliphatic rings. The fourth-order valence-electron chi connectivity index (χ4n) is 1.81. The summed E-state index contributed by atoms with van der Waals surface area (Å²) in [5, 5.41) is 10.6. The summed E-state index contributed by atoms with van der Waals surface area (Å²) in [5.74, 6) is 0. The standard InChI is InChI=1S/C13H6N2O2/c14-7-10-13(16)17-11-6-5-8-3-1-2-4-9(8)12(11)15-10/h1-6H. The van der Waals surface area contributed by atoms with Crippen molar-refractivity contribution in [1.82, 2.24) is 4.98 Å². The molecule has 0 unspecified atom stereocenters. The quantitative estimate of drug-likeness (QED) is 0.547. The van der Waals surface area contributed by atoms with Crippen molar-refractivity contribution < 1.29 is 4.42 Å². The minimum atomic E-state index is -0.699. The lowest BCUT2D eigenvalue weighted by Gasteiger charge is -2.01. The van der Waals surface area contributed by atoms with Crippen LogP contribution in [0.3, 0.4) is 0 Å².